The molecule has 0 bridgehead atoms. The van der Waals surface area contributed by atoms with Crippen molar-refractivity contribution in [3.63, 3.8) is 0 Å². The van der Waals surface area contributed by atoms with Gasteiger partial charge in [-0.3, -0.25) is 0 Å². The predicted molar refractivity (Wildman–Crippen MR) is 103 cm³/mol. The molecule has 0 saturated carbocycles. The summed E-state index contributed by atoms with van der Waals surface area (Å²) >= 11 is 5.99. The topological polar surface area (TPSA) is 67.1 Å². The smallest absolute Gasteiger partial charge is 0.263 e. The van der Waals surface area contributed by atoms with E-state index in [0.717, 1.165) is 42.0 Å². The molecule has 3 heterocycles. The predicted octanol–water partition coefficient (Wildman–Crippen LogP) is 4.23. The van der Waals surface area contributed by atoms with Gasteiger partial charge in [-0.2, -0.15) is 4.98 Å². The van der Waals surface area contributed by atoms with E-state index in [1.807, 2.05) is 24.3 Å². The molecule has 0 aliphatic carbocycles. The first-order valence-corrected chi connectivity index (χ1v) is 9.51. The van der Waals surface area contributed by atoms with Crippen molar-refractivity contribution >= 4 is 28.5 Å². The number of hydrogen-bond acceptors (Lipinski definition) is 6. The summed E-state index contributed by atoms with van der Waals surface area (Å²) in [6.07, 6.45) is 6.60. The Morgan fingerprint density at radius 1 is 1.08 bits per heavy atom. The standard InChI is InChI=1S/C19H22ClN5O/c20-15-7-5-14(6-8-15)17-16-18(22-13-23-19(16)26-24-17)21-9-4-12-25-10-2-1-3-11-25/h5-8,13H,1-4,9-12H2,(H,21,22,23). The fourth-order valence-corrected chi connectivity index (χ4v) is 3.54. The Balaban J connectivity index is 1.48. The molecule has 26 heavy (non-hydrogen) atoms. The number of piperidine rings is 1. The fourth-order valence-electron chi connectivity index (χ4n) is 3.42. The maximum atomic E-state index is 5.99. The minimum atomic E-state index is 0.489. The summed E-state index contributed by atoms with van der Waals surface area (Å²) in [5.74, 6) is 0.764. The van der Waals surface area contributed by atoms with Crippen LogP contribution in [0.15, 0.2) is 35.1 Å². The van der Waals surface area contributed by atoms with Gasteiger partial charge in [-0.25, -0.2) is 4.98 Å². The van der Waals surface area contributed by atoms with E-state index in [0.29, 0.717) is 10.7 Å². The van der Waals surface area contributed by atoms with E-state index in [9.17, 15) is 0 Å². The number of hydrogen-bond donors (Lipinski definition) is 1. The van der Waals surface area contributed by atoms with Crippen LogP contribution in [0.2, 0.25) is 5.02 Å². The molecule has 1 aliphatic heterocycles. The van der Waals surface area contributed by atoms with Gasteiger partial charge in [-0.05, 0) is 51.0 Å². The van der Waals surface area contributed by atoms with Gasteiger partial charge in [-0.15, -0.1) is 0 Å². The van der Waals surface area contributed by atoms with Gasteiger partial charge >= 0.3 is 0 Å². The number of aromatic nitrogens is 3. The average Bonchev–Trinajstić information content (AvgIpc) is 3.12. The van der Waals surface area contributed by atoms with Crippen molar-refractivity contribution in [3.8, 4) is 11.3 Å². The van der Waals surface area contributed by atoms with Gasteiger partial charge in [0.25, 0.3) is 5.71 Å². The minimum Gasteiger partial charge on any atom is -0.369 e. The van der Waals surface area contributed by atoms with Crippen LogP contribution in [0.4, 0.5) is 5.82 Å². The molecule has 136 valence electrons. The number of anilines is 1. The Kier molecular flexibility index (Phi) is 5.32. The van der Waals surface area contributed by atoms with E-state index in [1.165, 1.54) is 38.7 Å². The van der Waals surface area contributed by atoms with Crippen molar-refractivity contribution < 1.29 is 4.52 Å². The quantitative estimate of drug-likeness (QED) is 0.654. The van der Waals surface area contributed by atoms with Crippen LogP contribution in [0.3, 0.4) is 0 Å². The van der Waals surface area contributed by atoms with Gasteiger partial charge in [0.1, 0.15) is 23.2 Å². The van der Waals surface area contributed by atoms with Gasteiger partial charge in [0.15, 0.2) is 0 Å². The first-order chi connectivity index (χ1) is 12.8. The van der Waals surface area contributed by atoms with E-state index in [-0.39, 0.29) is 0 Å². The van der Waals surface area contributed by atoms with Gasteiger partial charge < -0.3 is 14.7 Å². The highest BCUT2D eigenvalue weighted by molar-refractivity contribution is 6.30. The summed E-state index contributed by atoms with van der Waals surface area (Å²) in [6.45, 7) is 4.43. The number of benzene rings is 1. The Morgan fingerprint density at radius 2 is 1.88 bits per heavy atom. The number of rotatable bonds is 6. The molecular weight excluding hydrogens is 350 g/mol. The lowest BCUT2D eigenvalue weighted by molar-refractivity contribution is 0.228. The monoisotopic (exact) mass is 371 g/mol. The molecular formula is C19H22ClN5O. The first kappa shape index (κ1) is 17.2. The van der Waals surface area contributed by atoms with Crippen LogP contribution >= 0.6 is 11.6 Å². The number of likely N-dealkylation sites (tertiary alicyclic amines) is 1. The molecule has 1 aromatic carbocycles. The highest BCUT2D eigenvalue weighted by Crippen LogP contribution is 2.31. The Bertz CT molecular complexity index is 858. The van der Waals surface area contributed by atoms with Crippen molar-refractivity contribution in [2.24, 2.45) is 0 Å². The fraction of sp³-hybridized carbons (Fsp3) is 0.421. The van der Waals surface area contributed by atoms with Gasteiger partial charge in [0.05, 0.1) is 0 Å². The molecule has 4 rings (SSSR count). The van der Waals surface area contributed by atoms with Crippen molar-refractivity contribution in [3.05, 3.63) is 35.6 Å². The second kappa shape index (κ2) is 8.01. The van der Waals surface area contributed by atoms with E-state index in [2.05, 4.69) is 25.3 Å². The third-order valence-corrected chi connectivity index (χ3v) is 5.03. The largest absolute Gasteiger partial charge is 0.369 e. The Labute approximate surface area is 157 Å². The van der Waals surface area contributed by atoms with Gasteiger partial charge in [0, 0.05) is 17.1 Å². The van der Waals surface area contributed by atoms with E-state index >= 15 is 0 Å². The minimum absolute atomic E-state index is 0.489. The zero-order chi connectivity index (χ0) is 17.8. The summed E-state index contributed by atoms with van der Waals surface area (Å²) < 4.78 is 5.39. The summed E-state index contributed by atoms with van der Waals surface area (Å²) in [5, 5.41) is 9.12. The zero-order valence-electron chi connectivity index (χ0n) is 14.6. The van der Waals surface area contributed by atoms with Crippen LogP contribution in [0.5, 0.6) is 0 Å². The molecule has 0 radical (unpaired) electrons. The SMILES string of the molecule is Clc1ccc(-c2noc3ncnc(NCCCN4CCCCC4)c23)cc1. The first-order valence-electron chi connectivity index (χ1n) is 9.14. The molecule has 0 amide bonds. The number of fused-ring (bicyclic) bond motifs is 1. The molecule has 2 aromatic heterocycles. The van der Waals surface area contributed by atoms with Crippen molar-refractivity contribution in [1.29, 1.82) is 0 Å². The molecule has 0 unspecified atom stereocenters. The summed E-state index contributed by atoms with van der Waals surface area (Å²) in [5.41, 5.74) is 2.15. The maximum Gasteiger partial charge on any atom is 0.263 e. The molecule has 1 N–H and O–H groups in total. The van der Waals surface area contributed by atoms with Crippen LogP contribution < -0.4 is 5.32 Å². The highest BCUT2D eigenvalue weighted by Gasteiger charge is 2.16. The van der Waals surface area contributed by atoms with Crippen LogP contribution in [-0.2, 0) is 0 Å². The van der Waals surface area contributed by atoms with Gasteiger partial charge in [-0.1, -0.05) is 35.3 Å². The summed E-state index contributed by atoms with van der Waals surface area (Å²) in [6, 6.07) is 7.53. The summed E-state index contributed by atoms with van der Waals surface area (Å²) in [4.78, 5) is 11.1. The lowest BCUT2D eigenvalue weighted by Crippen LogP contribution is -2.31. The zero-order valence-corrected chi connectivity index (χ0v) is 15.4. The number of nitrogens with one attached hydrogen (secondary N) is 1. The lowest BCUT2D eigenvalue weighted by atomic mass is 10.1. The van der Waals surface area contributed by atoms with Crippen molar-refractivity contribution in [2.45, 2.75) is 25.7 Å². The molecule has 0 atom stereocenters. The Morgan fingerprint density at radius 3 is 2.69 bits per heavy atom. The van der Waals surface area contributed by atoms with Crippen molar-refractivity contribution in [1.82, 2.24) is 20.0 Å². The highest BCUT2D eigenvalue weighted by atomic mass is 35.5. The third kappa shape index (κ3) is 3.81. The maximum absolute atomic E-state index is 5.99. The van der Waals surface area contributed by atoms with Crippen LogP contribution in [0.25, 0.3) is 22.4 Å². The molecule has 1 saturated heterocycles. The number of halogens is 1. The molecule has 3 aromatic rings. The van der Waals surface area contributed by atoms with Crippen LogP contribution in [0.1, 0.15) is 25.7 Å². The molecule has 1 aliphatic rings. The third-order valence-electron chi connectivity index (χ3n) is 4.78. The van der Waals surface area contributed by atoms with E-state index in [1.54, 1.807) is 0 Å². The van der Waals surface area contributed by atoms with Crippen molar-refractivity contribution in [2.75, 3.05) is 31.5 Å². The molecule has 7 heteroatoms. The molecule has 6 nitrogen and oxygen atoms in total. The normalized spacial score (nSPS) is 15.4. The van der Waals surface area contributed by atoms with Crippen LogP contribution in [0, 0.1) is 0 Å². The van der Waals surface area contributed by atoms with Gasteiger partial charge in [0.2, 0.25) is 0 Å². The molecule has 1 fully saturated rings. The second-order valence-corrected chi connectivity index (χ2v) is 7.06. The summed E-state index contributed by atoms with van der Waals surface area (Å²) in [7, 11) is 0. The average molecular weight is 372 g/mol. The lowest BCUT2D eigenvalue weighted by Gasteiger charge is -2.26. The second-order valence-electron chi connectivity index (χ2n) is 6.62. The van der Waals surface area contributed by atoms with Crippen LogP contribution in [-0.4, -0.2) is 46.2 Å². The molecule has 0 spiro atoms. The Hall–Kier alpha value is -2.18. The number of nitrogens with zero attached hydrogens (tertiary/aromatic N) is 4. The van der Waals surface area contributed by atoms with E-state index in [4.69, 9.17) is 16.1 Å². The van der Waals surface area contributed by atoms with E-state index < -0.39 is 0 Å².